The first-order chi connectivity index (χ1) is 14.5. The van der Waals surface area contributed by atoms with Crippen LogP contribution in [0.2, 0.25) is 0 Å². The highest BCUT2D eigenvalue weighted by Gasteiger charge is 2.33. The van der Waals surface area contributed by atoms with E-state index in [-0.39, 0.29) is 24.0 Å². The van der Waals surface area contributed by atoms with Crippen LogP contribution in [-0.2, 0) is 9.59 Å². The molecule has 2 heterocycles. The van der Waals surface area contributed by atoms with E-state index < -0.39 is 6.04 Å². The molecule has 0 saturated carbocycles. The van der Waals surface area contributed by atoms with Gasteiger partial charge in [-0.05, 0) is 48.9 Å². The molecule has 0 radical (unpaired) electrons. The summed E-state index contributed by atoms with van der Waals surface area (Å²) in [5, 5.41) is 9.97. The highest BCUT2D eigenvalue weighted by Crippen LogP contribution is 2.35. The van der Waals surface area contributed by atoms with Crippen LogP contribution in [0, 0.1) is 0 Å². The van der Waals surface area contributed by atoms with Gasteiger partial charge in [-0.2, -0.15) is 5.10 Å². The van der Waals surface area contributed by atoms with Gasteiger partial charge in [0, 0.05) is 16.8 Å². The van der Waals surface area contributed by atoms with Crippen LogP contribution in [-0.4, -0.2) is 34.5 Å². The Morgan fingerprint density at radius 1 is 1.13 bits per heavy atom. The summed E-state index contributed by atoms with van der Waals surface area (Å²) in [6, 6.07) is 13.2. The molecule has 1 aliphatic heterocycles. The molecular weight excluding hydrogens is 384 g/mol. The molecule has 1 atom stereocenters. The van der Waals surface area contributed by atoms with E-state index in [0.29, 0.717) is 22.6 Å². The predicted molar refractivity (Wildman–Crippen MR) is 112 cm³/mol. The van der Waals surface area contributed by atoms with Gasteiger partial charge in [0.15, 0.2) is 5.78 Å². The molecule has 2 aromatic carbocycles. The topological polar surface area (TPSA) is 102 Å². The van der Waals surface area contributed by atoms with Crippen LogP contribution in [0.5, 0.6) is 5.75 Å². The second-order valence-corrected chi connectivity index (χ2v) is 6.97. The average Bonchev–Trinajstić information content (AvgIpc) is 3.17. The molecule has 4 rings (SSSR count). The first-order valence-corrected chi connectivity index (χ1v) is 9.40. The minimum absolute atomic E-state index is 0.0197. The van der Waals surface area contributed by atoms with Gasteiger partial charge in [0.1, 0.15) is 17.6 Å². The number of methoxy groups -OCH3 is 1. The summed E-state index contributed by atoms with van der Waals surface area (Å²) >= 11 is 0. The zero-order valence-corrected chi connectivity index (χ0v) is 16.5. The maximum absolute atomic E-state index is 12.9. The summed E-state index contributed by atoms with van der Waals surface area (Å²) < 4.78 is 6.71. The van der Waals surface area contributed by atoms with Crippen molar-refractivity contribution < 1.29 is 19.1 Å². The van der Waals surface area contributed by atoms with Crippen LogP contribution < -0.4 is 15.4 Å². The Morgan fingerprint density at radius 2 is 1.83 bits per heavy atom. The van der Waals surface area contributed by atoms with Crippen molar-refractivity contribution >= 4 is 29.1 Å². The SMILES string of the molecule is COc1ccc(-c2cnn3c2NC(=O)CC3C(=O)Nc2ccc(C(C)=O)cc2)cc1. The fourth-order valence-electron chi connectivity index (χ4n) is 3.37. The van der Waals surface area contributed by atoms with Crippen molar-refractivity contribution in [2.24, 2.45) is 0 Å². The first-order valence-electron chi connectivity index (χ1n) is 9.40. The Labute approximate surface area is 172 Å². The summed E-state index contributed by atoms with van der Waals surface area (Å²) in [6.07, 6.45) is 1.61. The van der Waals surface area contributed by atoms with Crippen molar-refractivity contribution in [3.63, 3.8) is 0 Å². The largest absolute Gasteiger partial charge is 0.497 e. The van der Waals surface area contributed by atoms with Crippen LogP contribution in [0.3, 0.4) is 0 Å². The summed E-state index contributed by atoms with van der Waals surface area (Å²) in [7, 11) is 1.59. The smallest absolute Gasteiger partial charge is 0.249 e. The molecule has 8 heteroatoms. The van der Waals surface area contributed by atoms with Gasteiger partial charge in [0.25, 0.3) is 0 Å². The fourth-order valence-corrected chi connectivity index (χ4v) is 3.37. The monoisotopic (exact) mass is 404 g/mol. The normalized spacial score (nSPS) is 15.1. The molecule has 1 aliphatic rings. The number of aromatic nitrogens is 2. The van der Waals surface area contributed by atoms with E-state index in [1.165, 1.54) is 11.6 Å². The molecular formula is C22H20N4O4. The molecule has 8 nitrogen and oxygen atoms in total. The molecule has 0 fully saturated rings. The molecule has 2 amide bonds. The molecule has 0 bridgehead atoms. The summed E-state index contributed by atoms with van der Waals surface area (Å²) in [5.41, 5.74) is 2.66. The number of Topliss-reactive ketones (excluding diaryl/α,β-unsaturated/α-hetero) is 1. The number of amides is 2. The predicted octanol–water partition coefficient (Wildman–Crippen LogP) is 3.28. The summed E-state index contributed by atoms with van der Waals surface area (Å²) in [6.45, 7) is 1.48. The lowest BCUT2D eigenvalue weighted by Gasteiger charge is -2.24. The van der Waals surface area contributed by atoms with Crippen LogP contribution in [0.25, 0.3) is 11.1 Å². The Bertz CT molecular complexity index is 1120. The van der Waals surface area contributed by atoms with Gasteiger partial charge in [-0.1, -0.05) is 12.1 Å². The molecule has 1 aromatic heterocycles. The molecule has 0 saturated heterocycles. The maximum atomic E-state index is 12.9. The van der Waals surface area contributed by atoms with Gasteiger partial charge in [-0.3, -0.25) is 14.4 Å². The number of benzene rings is 2. The summed E-state index contributed by atoms with van der Waals surface area (Å²) in [5.74, 6) is 0.528. The Morgan fingerprint density at radius 3 is 2.47 bits per heavy atom. The number of carbonyl (C=O) groups is 3. The van der Waals surface area contributed by atoms with Crippen molar-refractivity contribution in [1.29, 1.82) is 0 Å². The zero-order valence-electron chi connectivity index (χ0n) is 16.5. The van der Waals surface area contributed by atoms with Gasteiger partial charge >= 0.3 is 0 Å². The third-order valence-corrected chi connectivity index (χ3v) is 4.99. The number of carbonyl (C=O) groups excluding carboxylic acids is 3. The van der Waals surface area contributed by atoms with E-state index in [9.17, 15) is 14.4 Å². The van der Waals surface area contributed by atoms with Crippen LogP contribution >= 0.6 is 0 Å². The number of ether oxygens (including phenoxy) is 1. The number of nitrogens with one attached hydrogen (secondary N) is 2. The Balaban J connectivity index is 1.60. The van der Waals surface area contributed by atoms with E-state index in [1.807, 2.05) is 24.3 Å². The fraction of sp³-hybridized carbons (Fsp3) is 0.182. The van der Waals surface area contributed by atoms with E-state index in [1.54, 1.807) is 37.6 Å². The lowest BCUT2D eigenvalue weighted by molar-refractivity contribution is -0.125. The average molecular weight is 404 g/mol. The van der Waals surface area contributed by atoms with Crippen LogP contribution in [0.4, 0.5) is 11.5 Å². The Kier molecular flexibility index (Phi) is 5.05. The molecule has 30 heavy (non-hydrogen) atoms. The number of rotatable bonds is 5. The van der Waals surface area contributed by atoms with Crippen molar-refractivity contribution in [2.75, 3.05) is 17.7 Å². The first kappa shape index (κ1) is 19.4. The second kappa shape index (κ2) is 7.82. The van der Waals surface area contributed by atoms with Gasteiger partial charge in [0.2, 0.25) is 11.8 Å². The third-order valence-electron chi connectivity index (χ3n) is 4.99. The molecule has 152 valence electrons. The summed E-state index contributed by atoms with van der Waals surface area (Å²) in [4.78, 5) is 36.6. The van der Waals surface area contributed by atoms with E-state index >= 15 is 0 Å². The van der Waals surface area contributed by atoms with E-state index in [4.69, 9.17) is 4.74 Å². The Hall–Kier alpha value is -3.94. The standard InChI is InChI=1S/C22H20N4O4/c1-13(27)14-3-7-16(8-4-14)24-22(29)19-11-20(28)25-21-18(12-23-26(19)21)15-5-9-17(30-2)10-6-15/h3-10,12,19H,11H2,1-2H3,(H,24,29)(H,25,28). The molecule has 1 unspecified atom stereocenters. The quantitative estimate of drug-likeness (QED) is 0.636. The minimum Gasteiger partial charge on any atom is -0.497 e. The molecule has 2 N–H and O–H groups in total. The number of fused-ring (bicyclic) bond motifs is 1. The second-order valence-electron chi connectivity index (χ2n) is 6.97. The van der Waals surface area contributed by atoms with Crippen molar-refractivity contribution in [3.05, 3.63) is 60.3 Å². The minimum atomic E-state index is -0.784. The van der Waals surface area contributed by atoms with Gasteiger partial charge < -0.3 is 15.4 Å². The van der Waals surface area contributed by atoms with Crippen LogP contribution in [0.1, 0.15) is 29.7 Å². The highest BCUT2D eigenvalue weighted by molar-refractivity contribution is 6.03. The molecule has 0 aliphatic carbocycles. The van der Waals surface area contributed by atoms with E-state index in [2.05, 4.69) is 15.7 Å². The van der Waals surface area contributed by atoms with Gasteiger partial charge in [-0.15, -0.1) is 0 Å². The molecule has 0 spiro atoms. The third kappa shape index (κ3) is 3.67. The van der Waals surface area contributed by atoms with E-state index in [0.717, 1.165) is 11.3 Å². The maximum Gasteiger partial charge on any atom is 0.249 e. The van der Waals surface area contributed by atoms with Crippen LogP contribution in [0.15, 0.2) is 54.7 Å². The zero-order chi connectivity index (χ0) is 21.3. The number of hydrogen-bond acceptors (Lipinski definition) is 5. The van der Waals surface area contributed by atoms with Gasteiger partial charge in [0.05, 0.1) is 19.7 Å². The highest BCUT2D eigenvalue weighted by atomic mass is 16.5. The van der Waals surface area contributed by atoms with Crippen molar-refractivity contribution in [3.8, 4) is 16.9 Å². The number of anilines is 2. The lowest BCUT2D eigenvalue weighted by atomic mass is 10.1. The van der Waals surface area contributed by atoms with Crippen molar-refractivity contribution in [2.45, 2.75) is 19.4 Å². The number of nitrogens with zero attached hydrogens (tertiary/aromatic N) is 2. The van der Waals surface area contributed by atoms with Gasteiger partial charge in [-0.25, -0.2) is 4.68 Å². The molecule has 3 aromatic rings. The number of hydrogen-bond donors (Lipinski definition) is 2. The number of ketones is 1. The lowest BCUT2D eigenvalue weighted by Crippen LogP contribution is -2.35. The van der Waals surface area contributed by atoms with Crippen molar-refractivity contribution in [1.82, 2.24) is 9.78 Å².